The van der Waals surface area contributed by atoms with Crippen molar-refractivity contribution in [2.75, 3.05) is 0 Å². The minimum Gasteiger partial charge on any atom is -0.454 e. The summed E-state index contributed by atoms with van der Waals surface area (Å²) in [4.78, 5) is 26.4. The molecule has 4 nitrogen and oxygen atoms in total. The third-order valence-corrected chi connectivity index (χ3v) is 2.72. The Hall–Kier alpha value is -2.49. The first-order valence-electron chi connectivity index (χ1n) is 5.87. The van der Waals surface area contributed by atoms with E-state index in [1.807, 2.05) is 6.07 Å². The molecular weight excluding hydrogens is 242 g/mol. The van der Waals surface area contributed by atoms with Crippen molar-refractivity contribution in [1.82, 2.24) is 4.98 Å². The molecule has 96 valence electrons. The molecule has 0 spiro atoms. The number of esters is 1. The Kier molecular flexibility index (Phi) is 4.03. The lowest BCUT2D eigenvalue weighted by Gasteiger charge is -2.13. The van der Waals surface area contributed by atoms with E-state index < -0.39 is 5.97 Å². The van der Waals surface area contributed by atoms with Crippen LogP contribution in [0.25, 0.3) is 0 Å². The molecule has 0 saturated heterocycles. The lowest BCUT2D eigenvalue weighted by atomic mass is 10.1. The molecule has 1 atom stereocenters. The molecule has 0 amide bonds. The summed E-state index contributed by atoms with van der Waals surface area (Å²) >= 11 is 0. The standard InChI is InChI=1S/C15H13NO3/c1-11(14-3-2-8-16-9-14)19-15(18)13-6-4-12(10-17)5-7-13/h2-11H,1H3. The molecule has 0 N–H and O–H groups in total. The van der Waals surface area contributed by atoms with Gasteiger partial charge in [-0.25, -0.2) is 4.79 Å². The fraction of sp³-hybridized carbons (Fsp3) is 0.133. The Labute approximate surface area is 111 Å². The second-order valence-electron chi connectivity index (χ2n) is 4.07. The highest BCUT2D eigenvalue weighted by Gasteiger charge is 2.13. The molecular formula is C15H13NO3. The van der Waals surface area contributed by atoms with Gasteiger partial charge < -0.3 is 4.74 Å². The zero-order chi connectivity index (χ0) is 13.7. The zero-order valence-corrected chi connectivity index (χ0v) is 10.4. The van der Waals surface area contributed by atoms with E-state index in [0.717, 1.165) is 11.8 Å². The molecule has 2 rings (SSSR count). The minimum atomic E-state index is -0.422. The molecule has 0 fully saturated rings. The van der Waals surface area contributed by atoms with Gasteiger partial charge in [-0.3, -0.25) is 9.78 Å². The van der Waals surface area contributed by atoms with Crippen LogP contribution in [-0.4, -0.2) is 17.2 Å². The van der Waals surface area contributed by atoms with Crippen LogP contribution >= 0.6 is 0 Å². The van der Waals surface area contributed by atoms with E-state index in [9.17, 15) is 9.59 Å². The number of nitrogens with zero attached hydrogens (tertiary/aromatic N) is 1. The number of rotatable bonds is 4. The number of ether oxygens (including phenoxy) is 1. The fourth-order valence-electron chi connectivity index (χ4n) is 1.61. The van der Waals surface area contributed by atoms with Gasteiger partial charge in [0.1, 0.15) is 12.4 Å². The Morgan fingerprint density at radius 3 is 2.58 bits per heavy atom. The van der Waals surface area contributed by atoms with Gasteiger partial charge in [-0.1, -0.05) is 18.2 Å². The molecule has 0 saturated carbocycles. The molecule has 0 aliphatic carbocycles. The molecule has 0 aliphatic heterocycles. The Morgan fingerprint density at radius 1 is 1.26 bits per heavy atom. The number of carbonyl (C=O) groups excluding carboxylic acids is 2. The number of carbonyl (C=O) groups is 2. The normalized spacial score (nSPS) is 11.6. The SMILES string of the molecule is CC(OC(=O)c1ccc(C=O)cc1)c1cccnc1. The molecule has 2 aromatic rings. The molecule has 1 aromatic heterocycles. The second kappa shape index (κ2) is 5.91. The first kappa shape index (κ1) is 13.0. The Morgan fingerprint density at radius 2 is 2.00 bits per heavy atom. The quantitative estimate of drug-likeness (QED) is 0.622. The average Bonchev–Trinajstić information content (AvgIpc) is 2.48. The van der Waals surface area contributed by atoms with Crippen molar-refractivity contribution >= 4 is 12.3 Å². The molecule has 4 heteroatoms. The van der Waals surface area contributed by atoms with E-state index in [-0.39, 0.29) is 6.10 Å². The second-order valence-corrected chi connectivity index (χ2v) is 4.07. The van der Waals surface area contributed by atoms with E-state index in [4.69, 9.17) is 4.74 Å². The lowest BCUT2D eigenvalue weighted by molar-refractivity contribution is 0.0337. The molecule has 0 bridgehead atoms. The van der Waals surface area contributed by atoms with Crippen LogP contribution in [-0.2, 0) is 4.74 Å². The molecule has 1 aromatic carbocycles. The van der Waals surface area contributed by atoms with Crippen molar-refractivity contribution in [2.24, 2.45) is 0 Å². The van der Waals surface area contributed by atoms with Gasteiger partial charge in [0, 0.05) is 23.5 Å². The largest absolute Gasteiger partial charge is 0.454 e. The summed E-state index contributed by atoms with van der Waals surface area (Å²) in [7, 11) is 0. The van der Waals surface area contributed by atoms with Gasteiger partial charge in [-0.2, -0.15) is 0 Å². The van der Waals surface area contributed by atoms with Crippen LogP contribution in [0, 0.1) is 0 Å². The predicted molar refractivity (Wildman–Crippen MR) is 69.9 cm³/mol. The molecule has 1 heterocycles. The summed E-state index contributed by atoms with van der Waals surface area (Å²) in [5.74, 6) is -0.422. The van der Waals surface area contributed by atoms with Gasteiger partial charge in [-0.05, 0) is 25.1 Å². The number of aldehydes is 1. The first-order chi connectivity index (χ1) is 9.20. The molecule has 0 aliphatic rings. The van der Waals surface area contributed by atoms with Gasteiger partial charge in [0.05, 0.1) is 5.56 Å². The van der Waals surface area contributed by atoms with E-state index in [1.165, 1.54) is 0 Å². The number of pyridine rings is 1. The average molecular weight is 255 g/mol. The van der Waals surface area contributed by atoms with Gasteiger partial charge in [0.15, 0.2) is 0 Å². The van der Waals surface area contributed by atoms with Crippen molar-refractivity contribution in [3.05, 3.63) is 65.5 Å². The highest BCUT2D eigenvalue weighted by molar-refractivity contribution is 5.90. The van der Waals surface area contributed by atoms with E-state index in [2.05, 4.69) is 4.98 Å². The van der Waals surface area contributed by atoms with Crippen molar-refractivity contribution in [2.45, 2.75) is 13.0 Å². The highest BCUT2D eigenvalue weighted by atomic mass is 16.5. The topological polar surface area (TPSA) is 56.3 Å². The number of hydrogen-bond donors (Lipinski definition) is 0. The maximum Gasteiger partial charge on any atom is 0.338 e. The Balaban J connectivity index is 2.06. The number of benzene rings is 1. The summed E-state index contributed by atoms with van der Waals surface area (Å²) in [6, 6.07) is 9.94. The summed E-state index contributed by atoms with van der Waals surface area (Å²) < 4.78 is 5.33. The van der Waals surface area contributed by atoms with Crippen molar-refractivity contribution in [3.63, 3.8) is 0 Å². The summed E-state index contributed by atoms with van der Waals surface area (Å²) in [6.45, 7) is 1.79. The lowest BCUT2D eigenvalue weighted by Crippen LogP contribution is -2.09. The minimum absolute atomic E-state index is 0.369. The van der Waals surface area contributed by atoms with E-state index in [0.29, 0.717) is 11.1 Å². The van der Waals surface area contributed by atoms with Crippen LogP contribution in [0.4, 0.5) is 0 Å². The van der Waals surface area contributed by atoms with Crippen molar-refractivity contribution < 1.29 is 14.3 Å². The first-order valence-corrected chi connectivity index (χ1v) is 5.87. The van der Waals surface area contributed by atoms with E-state index >= 15 is 0 Å². The Bertz CT molecular complexity index is 564. The third-order valence-electron chi connectivity index (χ3n) is 2.72. The smallest absolute Gasteiger partial charge is 0.338 e. The van der Waals surface area contributed by atoms with Gasteiger partial charge in [0.2, 0.25) is 0 Å². The van der Waals surface area contributed by atoms with E-state index in [1.54, 1.807) is 49.6 Å². The van der Waals surface area contributed by atoms with Gasteiger partial charge in [0.25, 0.3) is 0 Å². The summed E-state index contributed by atoms with van der Waals surface area (Å²) in [6.07, 6.45) is 3.68. The fourth-order valence-corrected chi connectivity index (χ4v) is 1.61. The summed E-state index contributed by atoms with van der Waals surface area (Å²) in [5, 5.41) is 0. The van der Waals surface area contributed by atoms with Crippen LogP contribution in [0.15, 0.2) is 48.8 Å². The van der Waals surface area contributed by atoms with Crippen LogP contribution in [0.3, 0.4) is 0 Å². The molecule has 1 unspecified atom stereocenters. The predicted octanol–water partition coefficient (Wildman–Crippen LogP) is 2.81. The monoisotopic (exact) mass is 255 g/mol. The molecule has 19 heavy (non-hydrogen) atoms. The maximum absolute atomic E-state index is 11.9. The summed E-state index contributed by atoms with van der Waals surface area (Å²) in [5.41, 5.74) is 1.78. The van der Waals surface area contributed by atoms with Crippen molar-refractivity contribution in [1.29, 1.82) is 0 Å². The van der Waals surface area contributed by atoms with Gasteiger partial charge in [-0.15, -0.1) is 0 Å². The number of aromatic nitrogens is 1. The third kappa shape index (κ3) is 3.25. The van der Waals surface area contributed by atoms with Crippen LogP contribution in [0.2, 0.25) is 0 Å². The zero-order valence-electron chi connectivity index (χ0n) is 10.4. The number of hydrogen-bond acceptors (Lipinski definition) is 4. The van der Waals surface area contributed by atoms with Crippen LogP contribution in [0.1, 0.15) is 39.3 Å². The van der Waals surface area contributed by atoms with Crippen molar-refractivity contribution in [3.8, 4) is 0 Å². The van der Waals surface area contributed by atoms with Crippen LogP contribution < -0.4 is 0 Å². The highest BCUT2D eigenvalue weighted by Crippen LogP contribution is 2.17. The maximum atomic E-state index is 11.9. The van der Waals surface area contributed by atoms with Crippen LogP contribution in [0.5, 0.6) is 0 Å². The molecule has 0 radical (unpaired) electrons. The van der Waals surface area contributed by atoms with Gasteiger partial charge >= 0.3 is 5.97 Å².